The molecule has 0 saturated carbocycles. The molecular formula is C16H34O3S. The second kappa shape index (κ2) is 17.1. The third-order valence-corrected chi connectivity index (χ3v) is 4.78. The van der Waals surface area contributed by atoms with Crippen molar-refractivity contribution in [3.8, 4) is 0 Å². The molecule has 0 aliphatic heterocycles. The zero-order chi connectivity index (χ0) is 14.9. The fourth-order valence-electron chi connectivity index (χ4n) is 2.17. The maximum Gasteiger partial charge on any atom is 0.0698 e. The Balaban J connectivity index is 3.09. The summed E-state index contributed by atoms with van der Waals surface area (Å²) >= 11 is 0. The Labute approximate surface area is 127 Å². The second-order valence-corrected chi connectivity index (χ2v) is 7.06. The topological polar surface area (TPSA) is 46.5 Å². The zero-order valence-corrected chi connectivity index (χ0v) is 14.1. The average Bonchev–Trinajstić information content (AvgIpc) is 2.45. The summed E-state index contributed by atoms with van der Waals surface area (Å²) < 4.78 is 16.7. The molecule has 4 heteroatoms. The molecule has 0 aromatic heterocycles. The number of hydrogen-bond acceptors (Lipinski definition) is 3. The molecule has 0 bridgehead atoms. The van der Waals surface area contributed by atoms with E-state index in [2.05, 4.69) is 6.92 Å². The predicted octanol–water partition coefficient (Wildman–Crippen LogP) is 3.66. The van der Waals surface area contributed by atoms with Crippen molar-refractivity contribution in [2.24, 2.45) is 0 Å². The lowest BCUT2D eigenvalue weighted by molar-refractivity contribution is 0.103. The molecule has 0 heterocycles. The van der Waals surface area contributed by atoms with Crippen LogP contribution >= 0.6 is 0 Å². The number of aliphatic hydroxyl groups is 1. The van der Waals surface area contributed by atoms with Gasteiger partial charge in [0.1, 0.15) is 0 Å². The van der Waals surface area contributed by atoms with Crippen LogP contribution in [0.2, 0.25) is 0 Å². The van der Waals surface area contributed by atoms with Gasteiger partial charge in [-0.1, -0.05) is 64.7 Å². The molecule has 3 nitrogen and oxygen atoms in total. The SMILES string of the molecule is CCCCCCCCCCCCS(=O)CCOCCO. The van der Waals surface area contributed by atoms with Crippen LogP contribution in [0.5, 0.6) is 0 Å². The van der Waals surface area contributed by atoms with E-state index in [0.29, 0.717) is 19.0 Å². The van der Waals surface area contributed by atoms with Gasteiger partial charge in [0.2, 0.25) is 0 Å². The van der Waals surface area contributed by atoms with E-state index >= 15 is 0 Å². The Kier molecular flexibility index (Phi) is 17.2. The minimum Gasteiger partial charge on any atom is -0.394 e. The monoisotopic (exact) mass is 306 g/mol. The molecule has 0 aromatic carbocycles. The molecule has 0 spiro atoms. The lowest BCUT2D eigenvalue weighted by Gasteiger charge is -2.04. The number of aliphatic hydroxyl groups excluding tert-OH is 1. The van der Waals surface area contributed by atoms with E-state index < -0.39 is 10.8 Å². The summed E-state index contributed by atoms with van der Waals surface area (Å²) in [6, 6.07) is 0. The van der Waals surface area contributed by atoms with Crippen LogP contribution in [0.4, 0.5) is 0 Å². The molecule has 20 heavy (non-hydrogen) atoms. The van der Waals surface area contributed by atoms with Crippen LogP contribution in [-0.2, 0) is 15.5 Å². The number of hydrogen-bond donors (Lipinski definition) is 1. The summed E-state index contributed by atoms with van der Waals surface area (Å²) in [6.45, 7) is 3.16. The Bertz CT molecular complexity index is 210. The lowest BCUT2D eigenvalue weighted by Crippen LogP contribution is -2.11. The van der Waals surface area contributed by atoms with E-state index in [-0.39, 0.29) is 6.61 Å². The molecule has 0 radical (unpaired) electrons. The van der Waals surface area contributed by atoms with E-state index in [1.54, 1.807) is 0 Å². The highest BCUT2D eigenvalue weighted by atomic mass is 32.2. The van der Waals surface area contributed by atoms with Gasteiger partial charge in [0.05, 0.1) is 19.8 Å². The van der Waals surface area contributed by atoms with Gasteiger partial charge in [-0.05, 0) is 6.42 Å². The molecule has 0 fully saturated rings. The van der Waals surface area contributed by atoms with E-state index in [0.717, 1.165) is 12.2 Å². The van der Waals surface area contributed by atoms with E-state index in [4.69, 9.17) is 9.84 Å². The fourth-order valence-corrected chi connectivity index (χ4v) is 3.20. The van der Waals surface area contributed by atoms with Crippen LogP contribution < -0.4 is 0 Å². The van der Waals surface area contributed by atoms with Crippen molar-refractivity contribution in [2.45, 2.75) is 71.1 Å². The van der Waals surface area contributed by atoms with Crippen LogP contribution in [0.1, 0.15) is 71.1 Å². The highest BCUT2D eigenvalue weighted by molar-refractivity contribution is 7.84. The Morgan fingerprint density at radius 2 is 1.35 bits per heavy atom. The molecule has 0 aliphatic carbocycles. The first-order valence-electron chi connectivity index (χ1n) is 8.34. The van der Waals surface area contributed by atoms with Crippen molar-refractivity contribution in [3.05, 3.63) is 0 Å². The molecule has 1 atom stereocenters. The van der Waals surface area contributed by atoms with E-state index in [1.807, 2.05) is 0 Å². The van der Waals surface area contributed by atoms with Crippen LogP contribution in [0.15, 0.2) is 0 Å². The van der Waals surface area contributed by atoms with Crippen molar-refractivity contribution in [3.63, 3.8) is 0 Å². The minimum absolute atomic E-state index is 0.0467. The second-order valence-electron chi connectivity index (χ2n) is 5.37. The smallest absolute Gasteiger partial charge is 0.0698 e. The van der Waals surface area contributed by atoms with Gasteiger partial charge in [0, 0.05) is 22.3 Å². The summed E-state index contributed by atoms with van der Waals surface area (Å²) in [5.41, 5.74) is 0. The lowest BCUT2D eigenvalue weighted by atomic mass is 10.1. The maximum absolute atomic E-state index is 11.6. The highest BCUT2D eigenvalue weighted by Gasteiger charge is 2.00. The molecular weight excluding hydrogens is 272 g/mol. The van der Waals surface area contributed by atoms with E-state index in [1.165, 1.54) is 57.8 Å². The van der Waals surface area contributed by atoms with Gasteiger partial charge >= 0.3 is 0 Å². The molecule has 0 saturated heterocycles. The normalized spacial score (nSPS) is 12.7. The molecule has 0 rings (SSSR count). The highest BCUT2D eigenvalue weighted by Crippen LogP contribution is 2.10. The van der Waals surface area contributed by atoms with Gasteiger partial charge in [0.15, 0.2) is 0 Å². The average molecular weight is 307 g/mol. The van der Waals surface area contributed by atoms with Crippen molar-refractivity contribution >= 4 is 10.8 Å². The summed E-state index contributed by atoms with van der Waals surface area (Å²) in [4.78, 5) is 0. The summed E-state index contributed by atoms with van der Waals surface area (Å²) in [7, 11) is -0.743. The Morgan fingerprint density at radius 1 is 0.800 bits per heavy atom. The predicted molar refractivity (Wildman–Crippen MR) is 87.6 cm³/mol. The Morgan fingerprint density at radius 3 is 1.90 bits per heavy atom. The first-order valence-corrected chi connectivity index (χ1v) is 9.83. The van der Waals surface area contributed by atoms with Gasteiger partial charge < -0.3 is 9.84 Å². The van der Waals surface area contributed by atoms with Gasteiger partial charge in [-0.25, -0.2) is 0 Å². The fraction of sp³-hybridized carbons (Fsp3) is 1.00. The quantitative estimate of drug-likeness (QED) is 0.443. The van der Waals surface area contributed by atoms with Gasteiger partial charge in [-0.15, -0.1) is 0 Å². The maximum atomic E-state index is 11.6. The third-order valence-electron chi connectivity index (χ3n) is 3.42. The first kappa shape index (κ1) is 20.1. The van der Waals surface area contributed by atoms with Crippen LogP contribution in [0, 0.1) is 0 Å². The van der Waals surface area contributed by atoms with Crippen molar-refractivity contribution in [1.29, 1.82) is 0 Å². The molecule has 0 aromatic rings. The zero-order valence-electron chi connectivity index (χ0n) is 13.3. The molecule has 122 valence electrons. The number of rotatable bonds is 16. The van der Waals surface area contributed by atoms with Gasteiger partial charge in [0.25, 0.3) is 0 Å². The molecule has 0 amide bonds. The van der Waals surface area contributed by atoms with Crippen molar-refractivity contribution in [2.75, 3.05) is 31.3 Å². The third kappa shape index (κ3) is 16.1. The minimum atomic E-state index is -0.743. The largest absolute Gasteiger partial charge is 0.394 e. The molecule has 1 unspecified atom stereocenters. The van der Waals surface area contributed by atoms with E-state index in [9.17, 15) is 4.21 Å². The summed E-state index contributed by atoms with van der Waals surface area (Å²) in [5, 5.41) is 8.54. The Hall–Kier alpha value is 0.0700. The summed E-state index contributed by atoms with van der Waals surface area (Å²) in [6.07, 6.45) is 13.1. The molecule has 0 aliphatic rings. The molecule has 1 N–H and O–H groups in total. The number of unbranched alkanes of at least 4 members (excludes halogenated alkanes) is 9. The van der Waals surface area contributed by atoms with Gasteiger partial charge in [-0.2, -0.15) is 0 Å². The standard InChI is InChI=1S/C16H34O3S/c1-2-3-4-5-6-7-8-9-10-11-15-20(18)16-14-19-13-12-17/h17H,2-16H2,1H3. The van der Waals surface area contributed by atoms with Crippen LogP contribution in [0.25, 0.3) is 0 Å². The summed E-state index contributed by atoms with van der Waals surface area (Å²) in [5.74, 6) is 1.41. The van der Waals surface area contributed by atoms with Crippen LogP contribution in [-0.4, -0.2) is 40.6 Å². The van der Waals surface area contributed by atoms with Crippen LogP contribution in [0.3, 0.4) is 0 Å². The number of ether oxygens (including phenoxy) is 1. The van der Waals surface area contributed by atoms with Crippen molar-refractivity contribution in [1.82, 2.24) is 0 Å². The van der Waals surface area contributed by atoms with Gasteiger partial charge in [-0.3, -0.25) is 4.21 Å². The van der Waals surface area contributed by atoms with Crippen molar-refractivity contribution < 1.29 is 14.1 Å². The first-order chi connectivity index (χ1) is 9.81.